The van der Waals surface area contributed by atoms with Gasteiger partial charge in [-0.2, -0.15) is 0 Å². The minimum Gasteiger partial charge on any atom is -0.318 e. The third kappa shape index (κ3) is 3.34. The molecule has 3 aromatic rings. The van der Waals surface area contributed by atoms with Gasteiger partial charge in [0.1, 0.15) is 0 Å². The number of rotatable bonds is 4. The van der Waals surface area contributed by atoms with Gasteiger partial charge in [0.2, 0.25) is 0 Å². The molecule has 6 heteroatoms. The van der Waals surface area contributed by atoms with Gasteiger partial charge in [0.05, 0.1) is 16.1 Å². The summed E-state index contributed by atoms with van der Waals surface area (Å²) in [6.07, 6.45) is 0. The van der Waals surface area contributed by atoms with Gasteiger partial charge in [-0.05, 0) is 50.2 Å². The number of aromatic nitrogens is 1. The Labute approximate surface area is 147 Å². The minimum atomic E-state index is -3.92. The van der Waals surface area contributed by atoms with E-state index in [1.54, 1.807) is 36.4 Å². The highest BCUT2D eigenvalue weighted by Crippen LogP contribution is 2.21. The molecule has 128 valence electrons. The van der Waals surface area contributed by atoms with Crippen LogP contribution in [0.2, 0.25) is 0 Å². The molecule has 1 N–H and O–H groups in total. The van der Waals surface area contributed by atoms with Crippen LogP contribution in [-0.2, 0) is 10.0 Å². The first-order chi connectivity index (χ1) is 11.9. The molecule has 5 nitrogen and oxygen atoms in total. The zero-order valence-corrected chi connectivity index (χ0v) is 14.7. The number of hydrogen-bond acceptors (Lipinski definition) is 3. The van der Waals surface area contributed by atoms with Gasteiger partial charge >= 0.3 is 0 Å². The molecule has 0 atom stereocenters. The predicted molar refractivity (Wildman–Crippen MR) is 96.3 cm³/mol. The van der Waals surface area contributed by atoms with Crippen LogP contribution in [0.25, 0.3) is 5.69 Å². The molecule has 0 fully saturated rings. The molecule has 2 aromatic carbocycles. The standard InChI is InChI=1S/C19H18N2O3S/c1-14-12-13-15(2)21(14)18-11-7-6-10-17(18)19(22)20-25(23,24)16-8-4-3-5-9-16/h3-13H,1-2H3,(H,20,22). The first-order valence-corrected chi connectivity index (χ1v) is 9.25. The van der Waals surface area contributed by atoms with E-state index in [4.69, 9.17) is 0 Å². The van der Waals surface area contributed by atoms with E-state index in [-0.39, 0.29) is 4.90 Å². The largest absolute Gasteiger partial charge is 0.318 e. The van der Waals surface area contributed by atoms with E-state index in [1.165, 1.54) is 12.1 Å². The fraction of sp³-hybridized carbons (Fsp3) is 0.105. The van der Waals surface area contributed by atoms with Gasteiger partial charge in [-0.1, -0.05) is 30.3 Å². The zero-order valence-electron chi connectivity index (χ0n) is 13.9. The van der Waals surface area contributed by atoms with Gasteiger partial charge < -0.3 is 4.57 Å². The minimum absolute atomic E-state index is 0.0501. The molecule has 3 rings (SSSR count). The molecule has 0 radical (unpaired) electrons. The molecule has 1 heterocycles. The monoisotopic (exact) mass is 354 g/mol. The fourth-order valence-corrected chi connectivity index (χ4v) is 3.73. The molecule has 0 saturated carbocycles. The number of benzene rings is 2. The highest BCUT2D eigenvalue weighted by molar-refractivity contribution is 7.90. The van der Waals surface area contributed by atoms with Crippen molar-refractivity contribution in [1.82, 2.24) is 9.29 Å². The van der Waals surface area contributed by atoms with Crippen molar-refractivity contribution in [2.45, 2.75) is 18.7 Å². The number of sulfonamides is 1. The van der Waals surface area contributed by atoms with E-state index in [1.807, 2.05) is 36.6 Å². The summed E-state index contributed by atoms with van der Waals surface area (Å²) in [5, 5.41) is 0. The maximum Gasteiger partial charge on any atom is 0.267 e. The summed E-state index contributed by atoms with van der Waals surface area (Å²) in [5.41, 5.74) is 2.86. The number of hydrogen-bond donors (Lipinski definition) is 1. The number of carbonyl (C=O) groups excluding carboxylic acids is 1. The van der Waals surface area contributed by atoms with Crippen molar-refractivity contribution in [3.05, 3.63) is 83.7 Å². The molecule has 25 heavy (non-hydrogen) atoms. The molecular weight excluding hydrogens is 336 g/mol. The van der Waals surface area contributed by atoms with E-state index >= 15 is 0 Å². The van der Waals surface area contributed by atoms with Gasteiger partial charge in [-0.15, -0.1) is 0 Å². The molecule has 0 spiro atoms. The van der Waals surface area contributed by atoms with Gasteiger partial charge in [-0.25, -0.2) is 13.1 Å². The summed E-state index contributed by atoms with van der Waals surface area (Å²) < 4.78 is 28.9. The van der Waals surface area contributed by atoms with E-state index in [0.29, 0.717) is 11.3 Å². The second kappa shape index (κ2) is 6.57. The van der Waals surface area contributed by atoms with Crippen molar-refractivity contribution in [2.24, 2.45) is 0 Å². The first kappa shape index (κ1) is 17.0. The second-order valence-electron chi connectivity index (χ2n) is 5.72. The lowest BCUT2D eigenvalue weighted by molar-refractivity contribution is 0.0981. The molecule has 0 bridgehead atoms. The van der Waals surface area contributed by atoms with Crippen LogP contribution in [0, 0.1) is 13.8 Å². The average Bonchev–Trinajstić information content (AvgIpc) is 2.94. The predicted octanol–water partition coefficient (Wildman–Crippen LogP) is 3.21. The molecule has 0 aliphatic rings. The number of aryl methyl sites for hydroxylation is 2. The summed E-state index contributed by atoms with van der Waals surface area (Å²) in [6, 6.07) is 18.7. The maximum atomic E-state index is 12.7. The zero-order chi connectivity index (χ0) is 18.0. The molecule has 1 aromatic heterocycles. The number of para-hydroxylation sites is 1. The van der Waals surface area contributed by atoms with Crippen LogP contribution in [0.5, 0.6) is 0 Å². The third-order valence-electron chi connectivity index (χ3n) is 3.94. The van der Waals surface area contributed by atoms with E-state index < -0.39 is 15.9 Å². The van der Waals surface area contributed by atoms with Crippen molar-refractivity contribution < 1.29 is 13.2 Å². The Balaban J connectivity index is 2.00. The van der Waals surface area contributed by atoms with Gasteiger partial charge in [0.15, 0.2) is 0 Å². The highest BCUT2D eigenvalue weighted by atomic mass is 32.2. The first-order valence-electron chi connectivity index (χ1n) is 7.77. The number of nitrogens with zero attached hydrogens (tertiary/aromatic N) is 1. The Hall–Kier alpha value is -2.86. The molecule has 1 amide bonds. The maximum absolute atomic E-state index is 12.7. The lowest BCUT2D eigenvalue weighted by Crippen LogP contribution is -2.31. The van der Waals surface area contributed by atoms with Crippen LogP contribution in [0.1, 0.15) is 21.7 Å². The van der Waals surface area contributed by atoms with Crippen molar-refractivity contribution in [3.63, 3.8) is 0 Å². The van der Waals surface area contributed by atoms with E-state index in [2.05, 4.69) is 4.72 Å². The van der Waals surface area contributed by atoms with Crippen molar-refractivity contribution >= 4 is 15.9 Å². The topological polar surface area (TPSA) is 68.2 Å². The number of amides is 1. The van der Waals surface area contributed by atoms with Gasteiger partial charge in [-0.3, -0.25) is 4.79 Å². The Morgan fingerprint density at radius 1 is 0.840 bits per heavy atom. The Morgan fingerprint density at radius 3 is 2.04 bits per heavy atom. The lowest BCUT2D eigenvalue weighted by atomic mass is 10.1. The normalized spacial score (nSPS) is 11.3. The van der Waals surface area contributed by atoms with Gasteiger partial charge in [0, 0.05) is 11.4 Å². The second-order valence-corrected chi connectivity index (χ2v) is 7.40. The van der Waals surface area contributed by atoms with Crippen LogP contribution in [0.3, 0.4) is 0 Å². The highest BCUT2D eigenvalue weighted by Gasteiger charge is 2.21. The Bertz CT molecular complexity index is 1000. The molecular formula is C19H18N2O3S. The Kier molecular flexibility index (Phi) is 4.46. The number of carbonyl (C=O) groups is 1. The fourth-order valence-electron chi connectivity index (χ4n) is 2.74. The van der Waals surface area contributed by atoms with Crippen molar-refractivity contribution in [2.75, 3.05) is 0 Å². The molecule has 0 aliphatic heterocycles. The molecule has 0 unspecified atom stereocenters. The summed E-state index contributed by atoms with van der Waals surface area (Å²) in [7, 11) is -3.92. The van der Waals surface area contributed by atoms with E-state index in [9.17, 15) is 13.2 Å². The van der Waals surface area contributed by atoms with Crippen molar-refractivity contribution in [1.29, 1.82) is 0 Å². The Morgan fingerprint density at radius 2 is 1.40 bits per heavy atom. The summed E-state index contributed by atoms with van der Waals surface area (Å²) in [4.78, 5) is 12.7. The smallest absolute Gasteiger partial charge is 0.267 e. The SMILES string of the molecule is Cc1ccc(C)n1-c1ccccc1C(=O)NS(=O)(=O)c1ccccc1. The molecule has 0 aliphatic carbocycles. The van der Waals surface area contributed by atoms with Gasteiger partial charge in [0.25, 0.3) is 15.9 Å². The summed E-state index contributed by atoms with van der Waals surface area (Å²) in [5.74, 6) is -0.660. The third-order valence-corrected chi connectivity index (χ3v) is 5.29. The van der Waals surface area contributed by atoms with Crippen LogP contribution in [-0.4, -0.2) is 18.9 Å². The number of nitrogens with one attached hydrogen (secondary N) is 1. The summed E-state index contributed by atoms with van der Waals surface area (Å²) in [6.45, 7) is 3.87. The lowest BCUT2D eigenvalue weighted by Gasteiger charge is -2.14. The van der Waals surface area contributed by atoms with Crippen LogP contribution >= 0.6 is 0 Å². The van der Waals surface area contributed by atoms with Crippen LogP contribution in [0.4, 0.5) is 0 Å². The van der Waals surface area contributed by atoms with Crippen molar-refractivity contribution in [3.8, 4) is 5.69 Å². The van der Waals surface area contributed by atoms with Crippen LogP contribution < -0.4 is 4.72 Å². The van der Waals surface area contributed by atoms with E-state index in [0.717, 1.165) is 11.4 Å². The average molecular weight is 354 g/mol. The quantitative estimate of drug-likeness (QED) is 0.782. The summed E-state index contributed by atoms with van der Waals surface area (Å²) >= 11 is 0. The molecule has 0 saturated heterocycles. The van der Waals surface area contributed by atoms with Crippen LogP contribution in [0.15, 0.2) is 71.6 Å².